The molecule has 0 fully saturated rings. The van der Waals surface area contributed by atoms with Crippen LogP contribution in [-0.2, 0) is 0 Å². The molecule has 11 aromatic rings. The number of furan rings is 1. The van der Waals surface area contributed by atoms with Crippen molar-refractivity contribution in [2.45, 2.75) is 0 Å². The van der Waals surface area contributed by atoms with Crippen LogP contribution in [0.25, 0.3) is 109 Å². The molecule has 0 saturated carbocycles. The Labute approximate surface area is 314 Å². The maximum Gasteiger partial charge on any atom is 0.164 e. The number of hydrogen-bond acceptors (Lipinski definition) is 5. The van der Waals surface area contributed by atoms with Gasteiger partial charge in [-0.05, 0) is 63.9 Å². The number of benzene rings is 8. The van der Waals surface area contributed by atoms with Crippen molar-refractivity contribution in [1.82, 2.24) is 15.0 Å². The van der Waals surface area contributed by atoms with E-state index in [1.54, 1.807) is 11.3 Å². The molecule has 0 unspecified atom stereocenters. The van der Waals surface area contributed by atoms with Gasteiger partial charge in [0.1, 0.15) is 11.2 Å². The summed E-state index contributed by atoms with van der Waals surface area (Å²) in [6.45, 7) is 0. The average molecular weight is 708 g/mol. The minimum absolute atomic E-state index is 0.596. The maximum atomic E-state index is 6.82. The van der Waals surface area contributed by atoms with Gasteiger partial charge in [-0.1, -0.05) is 140 Å². The van der Waals surface area contributed by atoms with Gasteiger partial charge < -0.3 is 4.42 Å². The number of nitrogens with zero attached hydrogens (tertiary/aromatic N) is 3. The molecule has 0 aliphatic heterocycles. The molecular formula is C49H29N3OS. The normalized spacial score (nSPS) is 11.7. The number of fused-ring (bicyclic) bond motifs is 7. The highest BCUT2D eigenvalue weighted by atomic mass is 32.1. The first-order valence-corrected chi connectivity index (χ1v) is 18.8. The molecule has 11 rings (SSSR count). The lowest BCUT2D eigenvalue weighted by Crippen LogP contribution is -2.01. The SMILES string of the molecule is c1ccc(-c2ccc(-c3nc(-c4cccc5sc6ccccc6c45)nc(-c4ccc(-c5ccccc5)c5oc6cc7ccccc7cc6c45)n3)cc2)cc1. The lowest BCUT2D eigenvalue weighted by atomic mass is 9.97. The van der Waals surface area contributed by atoms with Crippen molar-refractivity contribution in [3.05, 3.63) is 176 Å². The first-order valence-electron chi connectivity index (χ1n) is 18.0. The fourth-order valence-electron chi connectivity index (χ4n) is 7.75. The number of thiophene rings is 1. The first-order chi connectivity index (χ1) is 26.7. The Bertz CT molecular complexity index is 3200. The Balaban J connectivity index is 1.20. The van der Waals surface area contributed by atoms with Crippen LogP contribution in [0.15, 0.2) is 180 Å². The van der Waals surface area contributed by atoms with E-state index in [0.29, 0.717) is 17.5 Å². The van der Waals surface area contributed by atoms with Crippen LogP contribution in [0.5, 0.6) is 0 Å². The maximum absolute atomic E-state index is 6.82. The predicted molar refractivity (Wildman–Crippen MR) is 225 cm³/mol. The van der Waals surface area contributed by atoms with Crippen molar-refractivity contribution in [2.24, 2.45) is 0 Å². The van der Waals surface area contributed by atoms with Crippen LogP contribution in [0.2, 0.25) is 0 Å². The molecule has 0 amide bonds. The van der Waals surface area contributed by atoms with E-state index in [4.69, 9.17) is 19.4 Å². The van der Waals surface area contributed by atoms with Crippen LogP contribution in [-0.4, -0.2) is 15.0 Å². The highest BCUT2D eigenvalue weighted by Gasteiger charge is 2.22. The van der Waals surface area contributed by atoms with Gasteiger partial charge in [-0.15, -0.1) is 11.3 Å². The summed E-state index contributed by atoms with van der Waals surface area (Å²) in [7, 11) is 0. The van der Waals surface area contributed by atoms with Crippen molar-refractivity contribution < 1.29 is 4.42 Å². The van der Waals surface area contributed by atoms with Gasteiger partial charge in [0.2, 0.25) is 0 Å². The number of hydrogen-bond donors (Lipinski definition) is 0. The Morgan fingerprint density at radius 3 is 1.72 bits per heavy atom. The Kier molecular flexibility index (Phi) is 7.00. The Morgan fingerprint density at radius 2 is 0.944 bits per heavy atom. The third kappa shape index (κ3) is 5.01. The molecular weight excluding hydrogens is 679 g/mol. The lowest BCUT2D eigenvalue weighted by molar-refractivity contribution is 0.670. The zero-order valence-corrected chi connectivity index (χ0v) is 29.7. The summed E-state index contributed by atoms with van der Waals surface area (Å²) in [5.41, 5.74) is 8.85. The summed E-state index contributed by atoms with van der Waals surface area (Å²) in [6.07, 6.45) is 0. The van der Waals surface area contributed by atoms with Gasteiger partial charge in [0.25, 0.3) is 0 Å². The zero-order chi connectivity index (χ0) is 35.6. The van der Waals surface area contributed by atoms with Crippen LogP contribution in [0, 0.1) is 0 Å². The zero-order valence-electron chi connectivity index (χ0n) is 28.9. The van der Waals surface area contributed by atoms with Crippen molar-refractivity contribution >= 4 is 64.2 Å². The number of aromatic nitrogens is 3. The quantitative estimate of drug-likeness (QED) is 0.179. The van der Waals surface area contributed by atoms with Crippen LogP contribution in [0.4, 0.5) is 0 Å². The molecule has 0 radical (unpaired) electrons. The van der Waals surface area contributed by atoms with Gasteiger partial charge in [-0.3, -0.25) is 0 Å². The van der Waals surface area contributed by atoms with Crippen molar-refractivity contribution in [2.75, 3.05) is 0 Å². The standard InChI is InChI=1S/C49H29N3OS/c1-3-12-30(13-4-1)31-22-24-33(25-23-31)47-50-48(38-19-11-21-43-44(38)37-18-9-10-20-42(37)54-43)52-49(51-47)39-27-26-36(32-14-5-2-6-15-32)46-45(39)40-28-34-16-7-8-17-35(34)29-41(40)53-46/h1-29H. The predicted octanol–water partition coefficient (Wildman–Crippen LogP) is 13.6. The second-order valence-corrected chi connectivity index (χ2v) is 14.6. The van der Waals surface area contributed by atoms with Crippen molar-refractivity contribution in [3.63, 3.8) is 0 Å². The van der Waals surface area contributed by atoms with E-state index >= 15 is 0 Å². The summed E-state index contributed by atoms with van der Waals surface area (Å²) in [4.78, 5) is 15.8. The van der Waals surface area contributed by atoms with E-state index in [-0.39, 0.29) is 0 Å². The van der Waals surface area contributed by atoms with Gasteiger partial charge in [-0.25, -0.2) is 15.0 Å². The van der Waals surface area contributed by atoms with Crippen LogP contribution in [0.1, 0.15) is 0 Å². The van der Waals surface area contributed by atoms with Gasteiger partial charge in [0, 0.05) is 53.2 Å². The summed E-state index contributed by atoms with van der Waals surface area (Å²) < 4.78 is 9.26. The molecule has 54 heavy (non-hydrogen) atoms. The average Bonchev–Trinajstić information content (AvgIpc) is 3.81. The third-order valence-electron chi connectivity index (χ3n) is 10.3. The molecule has 3 aromatic heterocycles. The molecule has 5 heteroatoms. The molecule has 0 atom stereocenters. The number of rotatable bonds is 5. The largest absolute Gasteiger partial charge is 0.455 e. The van der Waals surface area contributed by atoms with E-state index in [0.717, 1.165) is 77.0 Å². The molecule has 3 heterocycles. The smallest absolute Gasteiger partial charge is 0.164 e. The van der Waals surface area contributed by atoms with Gasteiger partial charge in [0.15, 0.2) is 17.5 Å². The molecule has 8 aromatic carbocycles. The van der Waals surface area contributed by atoms with Gasteiger partial charge >= 0.3 is 0 Å². The minimum Gasteiger partial charge on any atom is -0.455 e. The molecule has 0 aliphatic carbocycles. The highest BCUT2D eigenvalue weighted by Crippen LogP contribution is 2.44. The third-order valence-corrected chi connectivity index (χ3v) is 11.5. The molecule has 4 nitrogen and oxygen atoms in total. The molecule has 0 spiro atoms. The Morgan fingerprint density at radius 1 is 0.370 bits per heavy atom. The molecule has 0 saturated heterocycles. The van der Waals surface area contributed by atoms with E-state index in [9.17, 15) is 0 Å². The summed E-state index contributed by atoms with van der Waals surface area (Å²) >= 11 is 1.79. The Hall–Kier alpha value is -6.95. The molecule has 252 valence electrons. The summed E-state index contributed by atoms with van der Waals surface area (Å²) in [5.74, 6) is 1.85. The van der Waals surface area contributed by atoms with E-state index in [2.05, 4.69) is 164 Å². The van der Waals surface area contributed by atoms with E-state index in [1.165, 1.54) is 14.8 Å². The topological polar surface area (TPSA) is 51.8 Å². The fourth-order valence-corrected chi connectivity index (χ4v) is 8.88. The second-order valence-electron chi connectivity index (χ2n) is 13.6. The van der Waals surface area contributed by atoms with E-state index < -0.39 is 0 Å². The lowest BCUT2D eigenvalue weighted by Gasteiger charge is -2.12. The van der Waals surface area contributed by atoms with Crippen molar-refractivity contribution in [1.29, 1.82) is 0 Å². The minimum atomic E-state index is 0.596. The highest BCUT2D eigenvalue weighted by molar-refractivity contribution is 7.25. The van der Waals surface area contributed by atoms with Crippen LogP contribution in [0.3, 0.4) is 0 Å². The van der Waals surface area contributed by atoms with Crippen LogP contribution >= 0.6 is 11.3 Å². The van der Waals surface area contributed by atoms with Gasteiger partial charge in [-0.2, -0.15) is 0 Å². The molecule has 0 aliphatic rings. The molecule has 0 N–H and O–H groups in total. The molecule has 0 bridgehead atoms. The van der Waals surface area contributed by atoms with E-state index in [1.807, 2.05) is 12.1 Å². The first kappa shape index (κ1) is 30.7. The fraction of sp³-hybridized carbons (Fsp3) is 0. The summed E-state index contributed by atoms with van der Waals surface area (Å²) in [5, 5.41) is 6.65. The second kappa shape index (κ2) is 12.3. The summed E-state index contributed by atoms with van der Waals surface area (Å²) in [6, 6.07) is 61.4. The van der Waals surface area contributed by atoms with Crippen molar-refractivity contribution in [3.8, 4) is 56.4 Å². The van der Waals surface area contributed by atoms with Crippen LogP contribution < -0.4 is 0 Å². The van der Waals surface area contributed by atoms with Gasteiger partial charge in [0.05, 0.1) is 0 Å². The monoisotopic (exact) mass is 707 g/mol.